The van der Waals surface area contributed by atoms with Gasteiger partial charge in [-0.2, -0.15) is 0 Å². The minimum absolute atomic E-state index is 0.144. The molecule has 0 saturated carbocycles. The van der Waals surface area contributed by atoms with Crippen LogP contribution in [0.3, 0.4) is 0 Å². The van der Waals surface area contributed by atoms with Gasteiger partial charge in [0, 0.05) is 7.05 Å². The molecule has 0 fully saturated rings. The van der Waals surface area contributed by atoms with E-state index in [9.17, 15) is 4.79 Å². The number of carbonyl (C=O) groups is 1. The summed E-state index contributed by atoms with van der Waals surface area (Å²) in [5.41, 5.74) is 0. The summed E-state index contributed by atoms with van der Waals surface area (Å²) in [6.45, 7) is 9.22. The summed E-state index contributed by atoms with van der Waals surface area (Å²) in [4.78, 5) is 9.95. The fourth-order valence-corrected chi connectivity index (χ4v) is 0.102. The molecule has 0 atom stereocenters. The first-order valence-electron chi connectivity index (χ1n) is 2.15. The molecule has 0 aromatic heterocycles. The Morgan fingerprint density at radius 3 is 2.00 bits per heavy atom. The Kier molecular flexibility index (Phi) is 11.7. The van der Waals surface area contributed by atoms with Gasteiger partial charge in [-0.05, 0) is 6.08 Å². The van der Waals surface area contributed by atoms with E-state index in [0.29, 0.717) is 0 Å². The van der Waals surface area contributed by atoms with E-state index in [1.54, 1.807) is 7.05 Å². The number of rotatable bonds is 1. The van der Waals surface area contributed by atoms with E-state index in [4.69, 9.17) is 0 Å². The van der Waals surface area contributed by atoms with Crippen molar-refractivity contribution in [1.82, 2.24) is 5.32 Å². The molecule has 0 heterocycles. The maximum atomic E-state index is 9.95. The molecule has 0 rings (SSSR count). The zero-order valence-electron chi connectivity index (χ0n) is 5.11. The molecule has 0 aromatic carbocycles. The molecular formula is C6H11NO. The molecule has 8 heavy (non-hydrogen) atoms. The van der Waals surface area contributed by atoms with Crippen LogP contribution in [0.25, 0.3) is 0 Å². The van der Waals surface area contributed by atoms with Gasteiger partial charge in [0.25, 0.3) is 0 Å². The Hall–Kier alpha value is -1.05. The van der Waals surface area contributed by atoms with Crippen LogP contribution in [0, 0.1) is 0 Å². The number of carbonyl (C=O) groups excluding carboxylic acids is 1. The van der Waals surface area contributed by atoms with Crippen LogP contribution < -0.4 is 5.32 Å². The van der Waals surface area contributed by atoms with E-state index < -0.39 is 0 Å². The molecule has 46 valence electrons. The van der Waals surface area contributed by atoms with Crippen molar-refractivity contribution in [3.8, 4) is 0 Å². The topological polar surface area (TPSA) is 29.1 Å². The van der Waals surface area contributed by atoms with Crippen LogP contribution in [0.5, 0.6) is 0 Å². The van der Waals surface area contributed by atoms with Gasteiger partial charge in [0.05, 0.1) is 0 Å². The van der Waals surface area contributed by atoms with Crippen LogP contribution in [0.4, 0.5) is 0 Å². The van der Waals surface area contributed by atoms with E-state index in [2.05, 4.69) is 25.1 Å². The van der Waals surface area contributed by atoms with Crippen LogP contribution >= 0.6 is 0 Å². The van der Waals surface area contributed by atoms with Gasteiger partial charge in [-0.25, -0.2) is 0 Å². The third-order valence-corrected chi connectivity index (χ3v) is 0.432. The Labute approximate surface area is 49.9 Å². The average Bonchev–Trinajstić information content (AvgIpc) is 1.91. The fourth-order valence-electron chi connectivity index (χ4n) is 0.102. The first-order chi connectivity index (χ1) is 3.81. The largest absolute Gasteiger partial charge is 0.356 e. The summed E-state index contributed by atoms with van der Waals surface area (Å²) >= 11 is 0. The predicted molar refractivity (Wildman–Crippen MR) is 35.5 cm³/mol. The van der Waals surface area contributed by atoms with Gasteiger partial charge >= 0.3 is 0 Å². The third kappa shape index (κ3) is 8.87. The number of likely N-dealkylation sites (N-methyl/N-ethyl adjacent to an activating group) is 1. The van der Waals surface area contributed by atoms with Crippen molar-refractivity contribution >= 4 is 5.91 Å². The predicted octanol–water partition coefficient (Wildman–Crippen LogP) is 0.721. The molecule has 2 heteroatoms. The zero-order chi connectivity index (χ0) is 6.99. The summed E-state index contributed by atoms with van der Waals surface area (Å²) in [6, 6.07) is 0. The maximum absolute atomic E-state index is 9.95. The number of hydrogen-bond acceptors (Lipinski definition) is 1. The first kappa shape index (κ1) is 10.0. The molecule has 1 N–H and O–H groups in total. The minimum Gasteiger partial charge on any atom is -0.356 e. The Bertz CT molecular complexity index is 78.6. The van der Waals surface area contributed by atoms with Crippen LogP contribution in [-0.4, -0.2) is 13.0 Å². The lowest BCUT2D eigenvalue weighted by Crippen LogP contribution is -2.13. The highest BCUT2D eigenvalue weighted by atomic mass is 16.1. The van der Waals surface area contributed by atoms with E-state index in [-0.39, 0.29) is 5.91 Å². The van der Waals surface area contributed by atoms with E-state index in [1.807, 2.05) is 0 Å². The smallest absolute Gasteiger partial charge is 0.243 e. The molecule has 0 saturated heterocycles. The van der Waals surface area contributed by atoms with Crippen LogP contribution in [0.2, 0.25) is 0 Å². The number of amides is 1. The average molecular weight is 113 g/mol. The Morgan fingerprint density at radius 1 is 1.62 bits per heavy atom. The number of hydrogen-bond donors (Lipinski definition) is 1. The molecule has 0 radical (unpaired) electrons. The quantitative estimate of drug-likeness (QED) is 0.394. The highest BCUT2D eigenvalue weighted by Gasteiger charge is 1.78. The second-order valence-corrected chi connectivity index (χ2v) is 0.818. The van der Waals surface area contributed by atoms with Crippen molar-refractivity contribution in [3.05, 3.63) is 25.8 Å². The zero-order valence-corrected chi connectivity index (χ0v) is 5.11. The summed E-state index contributed by atoms with van der Waals surface area (Å²) in [7, 11) is 1.56. The van der Waals surface area contributed by atoms with Gasteiger partial charge in [-0.15, -0.1) is 13.2 Å². The van der Waals surface area contributed by atoms with E-state index in [1.165, 1.54) is 6.08 Å². The molecule has 0 unspecified atom stereocenters. The molecule has 2 nitrogen and oxygen atoms in total. The van der Waals surface area contributed by atoms with Gasteiger partial charge in [-0.1, -0.05) is 6.58 Å². The van der Waals surface area contributed by atoms with Crippen LogP contribution in [0.15, 0.2) is 25.8 Å². The molecule has 0 aromatic rings. The van der Waals surface area contributed by atoms with Gasteiger partial charge in [-0.3, -0.25) is 4.79 Å². The lowest BCUT2D eigenvalue weighted by molar-refractivity contribution is -0.116. The van der Waals surface area contributed by atoms with Gasteiger partial charge < -0.3 is 5.32 Å². The second-order valence-electron chi connectivity index (χ2n) is 0.818. The van der Waals surface area contributed by atoms with E-state index >= 15 is 0 Å². The lowest BCUT2D eigenvalue weighted by atomic mass is 10.6. The highest BCUT2D eigenvalue weighted by Crippen LogP contribution is 1.56. The summed E-state index contributed by atoms with van der Waals surface area (Å²) < 4.78 is 0. The molecule has 0 aliphatic heterocycles. The van der Waals surface area contributed by atoms with Gasteiger partial charge in [0.2, 0.25) is 5.91 Å². The lowest BCUT2D eigenvalue weighted by Gasteiger charge is -1.82. The molecule has 1 amide bonds. The molecular weight excluding hydrogens is 102 g/mol. The highest BCUT2D eigenvalue weighted by molar-refractivity contribution is 5.86. The standard InChI is InChI=1S/C4H7NO.C2H4/c1-3-4(6)5-2;1-2/h3H,1H2,2H3,(H,5,6);1-2H2. The Morgan fingerprint density at radius 2 is 2.00 bits per heavy atom. The van der Waals surface area contributed by atoms with Crippen molar-refractivity contribution < 1.29 is 4.79 Å². The molecule has 0 aliphatic rings. The van der Waals surface area contributed by atoms with Crippen molar-refractivity contribution in [1.29, 1.82) is 0 Å². The summed E-state index contributed by atoms with van der Waals surface area (Å²) in [5.74, 6) is -0.144. The van der Waals surface area contributed by atoms with Crippen molar-refractivity contribution in [2.45, 2.75) is 0 Å². The normalized spacial score (nSPS) is 5.62. The van der Waals surface area contributed by atoms with Gasteiger partial charge in [0.1, 0.15) is 0 Å². The van der Waals surface area contributed by atoms with Crippen LogP contribution in [-0.2, 0) is 4.79 Å². The molecule has 0 spiro atoms. The second kappa shape index (κ2) is 9.34. The summed E-state index contributed by atoms with van der Waals surface area (Å²) in [6.07, 6.45) is 1.22. The minimum atomic E-state index is -0.144. The first-order valence-corrected chi connectivity index (χ1v) is 2.15. The molecule has 0 bridgehead atoms. The van der Waals surface area contributed by atoms with Crippen molar-refractivity contribution in [3.63, 3.8) is 0 Å². The fraction of sp³-hybridized carbons (Fsp3) is 0.167. The third-order valence-electron chi connectivity index (χ3n) is 0.432. The monoisotopic (exact) mass is 113 g/mol. The van der Waals surface area contributed by atoms with Crippen LogP contribution in [0.1, 0.15) is 0 Å². The SMILES string of the molecule is C=C.C=CC(=O)NC. The maximum Gasteiger partial charge on any atom is 0.243 e. The number of nitrogens with one attached hydrogen (secondary N) is 1. The van der Waals surface area contributed by atoms with Crippen molar-refractivity contribution in [2.75, 3.05) is 7.05 Å². The van der Waals surface area contributed by atoms with Gasteiger partial charge in [0.15, 0.2) is 0 Å². The van der Waals surface area contributed by atoms with Crippen molar-refractivity contribution in [2.24, 2.45) is 0 Å². The Balaban J connectivity index is 0. The van der Waals surface area contributed by atoms with E-state index in [0.717, 1.165) is 0 Å². The summed E-state index contributed by atoms with van der Waals surface area (Å²) in [5, 5.41) is 2.36. The molecule has 0 aliphatic carbocycles.